The fourth-order valence-corrected chi connectivity index (χ4v) is 3.02. The lowest BCUT2D eigenvalue weighted by molar-refractivity contribution is 0.289. The van der Waals surface area contributed by atoms with Crippen molar-refractivity contribution in [2.75, 3.05) is 0 Å². The molecular formula is C18H20ClN. The lowest BCUT2D eigenvalue weighted by Crippen LogP contribution is -2.39. The predicted octanol–water partition coefficient (Wildman–Crippen LogP) is 4.68. The molecule has 2 aromatic carbocycles. The zero-order valence-corrected chi connectivity index (χ0v) is 12.5. The summed E-state index contributed by atoms with van der Waals surface area (Å²) >= 11 is 6.00. The van der Waals surface area contributed by atoms with Crippen molar-refractivity contribution in [1.82, 2.24) is 5.32 Å². The van der Waals surface area contributed by atoms with Gasteiger partial charge in [-0.1, -0.05) is 53.6 Å². The highest BCUT2D eigenvalue weighted by molar-refractivity contribution is 6.30. The van der Waals surface area contributed by atoms with Gasteiger partial charge >= 0.3 is 0 Å². The van der Waals surface area contributed by atoms with Gasteiger partial charge in [0.15, 0.2) is 0 Å². The summed E-state index contributed by atoms with van der Waals surface area (Å²) in [5.41, 5.74) is 4.08. The van der Waals surface area contributed by atoms with Gasteiger partial charge < -0.3 is 5.32 Å². The van der Waals surface area contributed by atoms with E-state index in [1.807, 2.05) is 18.2 Å². The zero-order chi connectivity index (χ0) is 13.9. The van der Waals surface area contributed by atoms with Gasteiger partial charge in [-0.3, -0.25) is 0 Å². The molecule has 0 bridgehead atoms. The van der Waals surface area contributed by atoms with Crippen molar-refractivity contribution in [2.24, 2.45) is 0 Å². The Morgan fingerprint density at radius 1 is 1.10 bits per heavy atom. The maximum absolute atomic E-state index is 6.00. The Kier molecular flexibility index (Phi) is 4.09. The highest BCUT2D eigenvalue weighted by Crippen LogP contribution is 2.37. The van der Waals surface area contributed by atoms with Crippen LogP contribution >= 0.6 is 11.6 Å². The number of hydrogen-bond acceptors (Lipinski definition) is 1. The Balaban J connectivity index is 1.48. The first kappa shape index (κ1) is 13.7. The molecule has 0 saturated heterocycles. The van der Waals surface area contributed by atoms with Gasteiger partial charge in [0.1, 0.15) is 0 Å². The molecular weight excluding hydrogens is 266 g/mol. The van der Waals surface area contributed by atoms with Crippen LogP contribution in [0.3, 0.4) is 0 Å². The van der Waals surface area contributed by atoms with Crippen molar-refractivity contribution in [3.8, 4) is 0 Å². The average Bonchev–Trinajstić information content (AvgIpc) is 2.39. The molecule has 1 aliphatic carbocycles. The number of halogens is 1. The minimum Gasteiger partial charge on any atom is -0.310 e. The first-order valence-electron chi connectivity index (χ1n) is 7.25. The molecule has 3 rings (SSSR count). The summed E-state index contributed by atoms with van der Waals surface area (Å²) < 4.78 is 0. The van der Waals surface area contributed by atoms with Crippen LogP contribution in [0.15, 0.2) is 48.5 Å². The summed E-state index contributed by atoms with van der Waals surface area (Å²) in [5, 5.41) is 4.43. The molecule has 2 heteroatoms. The minimum atomic E-state index is 0.639. The molecule has 1 fully saturated rings. The summed E-state index contributed by atoms with van der Waals surface area (Å²) in [6.07, 6.45) is 2.48. The SMILES string of the molecule is Cc1ccc(C2CC(NCc3cccc(Cl)c3)C2)cc1. The molecule has 104 valence electrons. The van der Waals surface area contributed by atoms with E-state index >= 15 is 0 Å². The van der Waals surface area contributed by atoms with Gasteiger partial charge in [-0.25, -0.2) is 0 Å². The van der Waals surface area contributed by atoms with Crippen LogP contribution in [-0.2, 0) is 6.54 Å². The number of benzene rings is 2. The molecule has 0 aliphatic heterocycles. The van der Waals surface area contributed by atoms with Gasteiger partial charge in [0.2, 0.25) is 0 Å². The van der Waals surface area contributed by atoms with Gasteiger partial charge in [0, 0.05) is 17.6 Å². The number of nitrogens with one attached hydrogen (secondary N) is 1. The smallest absolute Gasteiger partial charge is 0.0409 e. The standard InChI is InChI=1S/C18H20ClN/c1-13-5-7-15(8-6-13)16-10-18(11-16)20-12-14-3-2-4-17(19)9-14/h2-9,16,18,20H,10-12H2,1H3. The van der Waals surface area contributed by atoms with E-state index in [4.69, 9.17) is 11.6 Å². The number of rotatable bonds is 4. The van der Waals surface area contributed by atoms with Crippen LogP contribution in [0, 0.1) is 6.92 Å². The molecule has 0 aromatic heterocycles. The molecule has 1 aliphatic rings. The molecule has 1 N–H and O–H groups in total. The van der Waals surface area contributed by atoms with E-state index in [0.29, 0.717) is 6.04 Å². The van der Waals surface area contributed by atoms with Gasteiger partial charge in [0.05, 0.1) is 0 Å². The van der Waals surface area contributed by atoms with E-state index in [2.05, 4.69) is 42.6 Å². The molecule has 0 radical (unpaired) electrons. The molecule has 0 spiro atoms. The van der Waals surface area contributed by atoms with E-state index in [1.54, 1.807) is 0 Å². The second-order valence-corrected chi connectivity index (χ2v) is 6.22. The van der Waals surface area contributed by atoms with Gasteiger partial charge in [0.25, 0.3) is 0 Å². The number of hydrogen-bond donors (Lipinski definition) is 1. The van der Waals surface area contributed by atoms with Crippen LogP contribution in [0.5, 0.6) is 0 Å². The zero-order valence-electron chi connectivity index (χ0n) is 11.8. The maximum Gasteiger partial charge on any atom is 0.0409 e. The first-order chi connectivity index (χ1) is 9.70. The summed E-state index contributed by atoms with van der Waals surface area (Å²) in [5.74, 6) is 0.729. The van der Waals surface area contributed by atoms with Crippen molar-refractivity contribution in [1.29, 1.82) is 0 Å². The number of aryl methyl sites for hydroxylation is 1. The fourth-order valence-electron chi connectivity index (χ4n) is 2.80. The quantitative estimate of drug-likeness (QED) is 0.860. The summed E-state index contributed by atoms with van der Waals surface area (Å²) in [6.45, 7) is 3.05. The van der Waals surface area contributed by atoms with Crippen LogP contribution in [0.2, 0.25) is 5.02 Å². The van der Waals surface area contributed by atoms with Crippen molar-refractivity contribution < 1.29 is 0 Å². The fraction of sp³-hybridized carbons (Fsp3) is 0.333. The monoisotopic (exact) mass is 285 g/mol. The van der Waals surface area contributed by atoms with Crippen molar-refractivity contribution >= 4 is 11.6 Å². The molecule has 0 heterocycles. The van der Waals surface area contributed by atoms with Crippen LogP contribution in [-0.4, -0.2) is 6.04 Å². The van der Waals surface area contributed by atoms with E-state index in [-0.39, 0.29) is 0 Å². The largest absolute Gasteiger partial charge is 0.310 e. The molecule has 2 aromatic rings. The van der Waals surface area contributed by atoms with Crippen LogP contribution in [0.1, 0.15) is 35.4 Å². The van der Waals surface area contributed by atoms with Crippen molar-refractivity contribution in [2.45, 2.75) is 38.3 Å². The lowest BCUT2D eigenvalue weighted by Gasteiger charge is -2.36. The third-order valence-electron chi connectivity index (χ3n) is 4.17. The normalized spacial score (nSPS) is 21.5. The van der Waals surface area contributed by atoms with Crippen LogP contribution in [0.25, 0.3) is 0 Å². The van der Waals surface area contributed by atoms with E-state index in [1.165, 1.54) is 29.5 Å². The molecule has 1 nitrogen and oxygen atoms in total. The van der Waals surface area contributed by atoms with Gasteiger partial charge in [-0.15, -0.1) is 0 Å². The molecule has 0 atom stereocenters. The van der Waals surface area contributed by atoms with Gasteiger partial charge in [-0.05, 0) is 48.9 Å². The second kappa shape index (κ2) is 5.99. The topological polar surface area (TPSA) is 12.0 Å². The Bertz CT molecular complexity index is 570. The van der Waals surface area contributed by atoms with E-state index in [9.17, 15) is 0 Å². The van der Waals surface area contributed by atoms with Crippen LogP contribution < -0.4 is 5.32 Å². The molecule has 20 heavy (non-hydrogen) atoms. The minimum absolute atomic E-state index is 0.639. The Morgan fingerprint density at radius 2 is 1.85 bits per heavy atom. The molecule has 1 saturated carbocycles. The highest BCUT2D eigenvalue weighted by Gasteiger charge is 2.29. The molecule has 0 amide bonds. The molecule has 0 unspecified atom stereocenters. The summed E-state index contributed by atoms with van der Waals surface area (Å²) in [7, 11) is 0. The Labute approximate surface area is 126 Å². The predicted molar refractivity (Wildman–Crippen MR) is 85.2 cm³/mol. The first-order valence-corrected chi connectivity index (χ1v) is 7.63. The van der Waals surface area contributed by atoms with Crippen molar-refractivity contribution in [3.63, 3.8) is 0 Å². The maximum atomic E-state index is 6.00. The Hall–Kier alpha value is -1.31. The average molecular weight is 286 g/mol. The third-order valence-corrected chi connectivity index (χ3v) is 4.41. The Morgan fingerprint density at radius 3 is 2.55 bits per heavy atom. The second-order valence-electron chi connectivity index (χ2n) is 5.79. The summed E-state index contributed by atoms with van der Waals surface area (Å²) in [4.78, 5) is 0. The van der Waals surface area contributed by atoms with E-state index in [0.717, 1.165) is 17.5 Å². The van der Waals surface area contributed by atoms with Crippen LogP contribution in [0.4, 0.5) is 0 Å². The highest BCUT2D eigenvalue weighted by atomic mass is 35.5. The summed E-state index contributed by atoms with van der Waals surface area (Å²) in [6, 6.07) is 17.7. The van der Waals surface area contributed by atoms with Crippen molar-refractivity contribution in [3.05, 3.63) is 70.2 Å². The third kappa shape index (κ3) is 3.23. The van der Waals surface area contributed by atoms with Gasteiger partial charge in [-0.2, -0.15) is 0 Å². The lowest BCUT2D eigenvalue weighted by atomic mass is 9.75. The van der Waals surface area contributed by atoms with E-state index < -0.39 is 0 Å².